The normalized spacial score (nSPS) is 11.8. The molecule has 0 spiro atoms. The van der Waals surface area contributed by atoms with Gasteiger partial charge >= 0.3 is 4.87 Å². The van der Waals surface area contributed by atoms with E-state index in [1.807, 2.05) is 13.8 Å². The van der Waals surface area contributed by atoms with Crippen molar-refractivity contribution in [3.63, 3.8) is 0 Å². The highest BCUT2D eigenvalue weighted by Gasteiger charge is 2.24. The zero-order valence-electron chi connectivity index (χ0n) is 16.3. The van der Waals surface area contributed by atoms with Crippen molar-refractivity contribution < 1.29 is 13.2 Å². The summed E-state index contributed by atoms with van der Waals surface area (Å²) in [7, 11) is -3.80. The maximum Gasteiger partial charge on any atom is 0.308 e. The van der Waals surface area contributed by atoms with Crippen molar-refractivity contribution in [3.8, 4) is 0 Å². The van der Waals surface area contributed by atoms with Crippen LogP contribution in [0.4, 0.5) is 11.4 Å². The van der Waals surface area contributed by atoms with Crippen molar-refractivity contribution in [1.82, 2.24) is 4.57 Å². The van der Waals surface area contributed by atoms with Crippen molar-refractivity contribution in [1.29, 1.82) is 0 Å². The van der Waals surface area contributed by atoms with Gasteiger partial charge in [0.05, 0.1) is 32.2 Å². The van der Waals surface area contributed by atoms with Gasteiger partial charge in [-0.25, -0.2) is 8.42 Å². The molecule has 3 aromatic rings. The van der Waals surface area contributed by atoms with E-state index in [1.165, 1.54) is 12.1 Å². The Morgan fingerprint density at radius 1 is 1.23 bits per heavy atom. The van der Waals surface area contributed by atoms with Gasteiger partial charge in [-0.1, -0.05) is 40.6 Å². The van der Waals surface area contributed by atoms with E-state index in [1.54, 1.807) is 28.8 Å². The number of carbonyl (C=O) groups excluding carboxylic acids is 1. The summed E-state index contributed by atoms with van der Waals surface area (Å²) < 4.78 is 27.8. The van der Waals surface area contributed by atoms with Crippen LogP contribution in [0.15, 0.2) is 41.2 Å². The predicted molar refractivity (Wildman–Crippen MR) is 124 cm³/mol. The summed E-state index contributed by atoms with van der Waals surface area (Å²) in [6.07, 6.45) is 0.982. The molecule has 0 saturated heterocycles. The Balaban J connectivity index is 1.87. The lowest BCUT2D eigenvalue weighted by molar-refractivity contribution is -0.114. The summed E-state index contributed by atoms with van der Waals surface area (Å²) in [5.41, 5.74) is 1.35. The number of hydrogen-bond acceptors (Lipinski definition) is 5. The molecule has 160 valence electrons. The second-order valence-corrected chi connectivity index (χ2v) is 10.6. The van der Waals surface area contributed by atoms with Gasteiger partial charge in [0.15, 0.2) is 0 Å². The van der Waals surface area contributed by atoms with Crippen molar-refractivity contribution in [3.05, 3.63) is 56.1 Å². The molecule has 0 aliphatic rings. The molecule has 11 heteroatoms. The molecule has 0 saturated carbocycles. The lowest BCUT2D eigenvalue weighted by Gasteiger charge is -2.23. The second-order valence-electron chi connectivity index (χ2n) is 6.90. The fourth-order valence-electron chi connectivity index (χ4n) is 3.00. The quantitative estimate of drug-likeness (QED) is 0.559. The number of hydrogen-bond donors (Lipinski definition) is 1. The van der Waals surface area contributed by atoms with Crippen LogP contribution in [-0.2, 0) is 14.8 Å². The first-order chi connectivity index (χ1) is 14.0. The Bertz CT molecular complexity index is 1280. The summed E-state index contributed by atoms with van der Waals surface area (Å²) >= 11 is 13.2. The van der Waals surface area contributed by atoms with Crippen molar-refractivity contribution in [2.75, 3.05) is 22.4 Å². The minimum atomic E-state index is -3.80. The highest BCUT2D eigenvalue weighted by molar-refractivity contribution is 7.92. The van der Waals surface area contributed by atoms with Gasteiger partial charge in [0.25, 0.3) is 0 Å². The van der Waals surface area contributed by atoms with E-state index in [0.717, 1.165) is 32.1 Å². The van der Waals surface area contributed by atoms with E-state index in [2.05, 4.69) is 5.32 Å². The highest BCUT2D eigenvalue weighted by atomic mass is 35.5. The van der Waals surface area contributed by atoms with Gasteiger partial charge in [-0.05, 0) is 44.2 Å². The Kier molecular flexibility index (Phi) is 6.47. The molecule has 0 unspecified atom stereocenters. The van der Waals surface area contributed by atoms with Crippen LogP contribution < -0.4 is 14.5 Å². The zero-order valence-corrected chi connectivity index (χ0v) is 19.5. The number of anilines is 2. The minimum Gasteiger partial charge on any atom is -0.324 e. The number of amides is 1. The van der Waals surface area contributed by atoms with Crippen molar-refractivity contribution in [2.24, 2.45) is 0 Å². The molecule has 30 heavy (non-hydrogen) atoms. The van der Waals surface area contributed by atoms with Crippen LogP contribution in [0.5, 0.6) is 0 Å². The second kappa shape index (κ2) is 8.58. The predicted octanol–water partition coefficient (Wildman–Crippen LogP) is 4.36. The van der Waals surface area contributed by atoms with Gasteiger partial charge in [-0.2, -0.15) is 0 Å². The monoisotopic (exact) mass is 487 g/mol. The van der Waals surface area contributed by atoms with Crippen LogP contribution >= 0.6 is 34.5 Å². The van der Waals surface area contributed by atoms with Crippen LogP contribution in [-0.4, -0.2) is 31.7 Å². The molecule has 0 fully saturated rings. The zero-order chi connectivity index (χ0) is 22.2. The number of aromatic nitrogens is 1. The first kappa shape index (κ1) is 22.6. The topological polar surface area (TPSA) is 88.5 Å². The Morgan fingerprint density at radius 3 is 2.57 bits per heavy atom. The molecule has 0 radical (unpaired) electrons. The first-order valence-electron chi connectivity index (χ1n) is 8.85. The number of benzene rings is 2. The SMILES string of the molecule is CC(C)n1c(=O)sc2cc(NC(=O)CN(c3cccc(Cl)c3Cl)S(C)(=O)=O)ccc21. The van der Waals surface area contributed by atoms with Gasteiger partial charge in [0.2, 0.25) is 15.9 Å². The molecule has 1 N–H and O–H groups in total. The minimum absolute atomic E-state index is 0.0115. The summed E-state index contributed by atoms with van der Waals surface area (Å²) in [5, 5.41) is 2.89. The van der Waals surface area contributed by atoms with Crippen molar-refractivity contribution in [2.45, 2.75) is 19.9 Å². The molecular formula is C19H19Cl2N3O4S2. The van der Waals surface area contributed by atoms with Gasteiger partial charge in [-0.15, -0.1) is 0 Å². The van der Waals surface area contributed by atoms with E-state index in [4.69, 9.17) is 23.2 Å². The summed E-state index contributed by atoms with van der Waals surface area (Å²) in [6, 6.07) is 9.67. The number of sulfonamides is 1. The van der Waals surface area contributed by atoms with Crippen LogP contribution in [0.2, 0.25) is 10.0 Å². The standard InChI is InChI=1S/C19H19Cl2N3O4S2/c1-11(2)24-14-8-7-12(9-16(14)29-19(24)26)22-17(25)10-23(30(3,27)28)15-6-4-5-13(20)18(15)21/h4-9,11H,10H2,1-3H3,(H,22,25). The largest absolute Gasteiger partial charge is 0.324 e. The molecule has 0 bridgehead atoms. The van der Waals surface area contributed by atoms with E-state index in [0.29, 0.717) is 5.69 Å². The number of thiazole rings is 1. The Morgan fingerprint density at radius 2 is 1.93 bits per heavy atom. The van der Waals surface area contributed by atoms with Crippen LogP contribution in [0.25, 0.3) is 10.2 Å². The van der Waals surface area contributed by atoms with E-state index in [9.17, 15) is 18.0 Å². The number of rotatable bonds is 6. The number of carbonyl (C=O) groups is 1. The molecule has 0 aliphatic carbocycles. The summed E-state index contributed by atoms with van der Waals surface area (Å²) in [5.74, 6) is -0.563. The molecule has 1 heterocycles. The average Bonchev–Trinajstić information content (AvgIpc) is 2.96. The third kappa shape index (κ3) is 4.64. The molecule has 2 aromatic carbocycles. The Labute approximate surface area is 187 Å². The van der Waals surface area contributed by atoms with E-state index < -0.39 is 22.5 Å². The maximum atomic E-state index is 12.6. The van der Waals surface area contributed by atoms with Crippen LogP contribution in [0.3, 0.4) is 0 Å². The van der Waals surface area contributed by atoms with E-state index >= 15 is 0 Å². The van der Waals surface area contributed by atoms with Crippen LogP contribution in [0, 0.1) is 0 Å². The summed E-state index contributed by atoms with van der Waals surface area (Å²) in [4.78, 5) is 24.7. The number of nitrogens with zero attached hydrogens (tertiary/aromatic N) is 2. The highest BCUT2D eigenvalue weighted by Crippen LogP contribution is 2.33. The smallest absolute Gasteiger partial charge is 0.308 e. The third-order valence-corrected chi connectivity index (χ3v) is 7.15. The van der Waals surface area contributed by atoms with Gasteiger partial charge in [0, 0.05) is 11.7 Å². The molecule has 1 aromatic heterocycles. The average molecular weight is 488 g/mol. The molecule has 0 atom stereocenters. The molecule has 1 amide bonds. The Hall–Kier alpha value is -2.07. The third-order valence-electron chi connectivity index (χ3n) is 4.30. The number of nitrogens with one attached hydrogen (secondary N) is 1. The van der Waals surface area contributed by atoms with Gasteiger partial charge in [-0.3, -0.25) is 18.5 Å². The molecule has 0 aliphatic heterocycles. The van der Waals surface area contributed by atoms with Crippen molar-refractivity contribution >= 4 is 72.1 Å². The van der Waals surface area contributed by atoms with E-state index in [-0.39, 0.29) is 26.6 Å². The fraction of sp³-hybridized carbons (Fsp3) is 0.263. The summed E-state index contributed by atoms with van der Waals surface area (Å²) in [6.45, 7) is 3.36. The maximum absolute atomic E-state index is 12.6. The number of halogens is 2. The van der Waals surface area contributed by atoms with Gasteiger partial charge < -0.3 is 5.32 Å². The fourth-order valence-corrected chi connectivity index (χ4v) is 5.36. The van der Waals surface area contributed by atoms with Gasteiger partial charge in [0.1, 0.15) is 6.54 Å². The molecular weight excluding hydrogens is 469 g/mol. The lowest BCUT2D eigenvalue weighted by atomic mass is 10.2. The molecule has 7 nitrogen and oxygen atoms in total. The lowest BCUT2D eigenvalue weighted by Crippen LogP contribution is -2.37. The molecule has 3 rings (SSSR count). The first-order valence-corrected chi connectivity index (χ1v) is 12.3. The van der Waals surface area contributed by atoms with Crippen LogP contribution in [0.1, 0.15) is 19.9 Å². The number of fused-ring (bicyclic) bond motifs is 1.